The smallest absolute Gasteiger partial charge is 0.413 e. The van der Waals surface area contributed by atoms with E-state index in [0.717, 1.165) is 4.90 Å². The highest BCUT2D eigenvalue weighted by Gasteiger charge is 2.38. The fraction of sp³-hybridized carbons (Fsp3) is 0.360. The van der Waals surface area contributed by atoms with Gasteiger partial charge in [0.2, 0.25) is 5.95 Å². The molecule has 1 amide bonds. The Balaban J connectivity index is 1.30. The number of aryl methyl sites for hydroxylation is 2. The van der Waals surface area contributed by atoms with E-state index in [4.69, 9.17) is 9.47 Å². The number of fused-ring (bicyclic) bond motifs is 2. The highest BCUT2D eigenvalue weighted by atomic mass is 19.3. The Bertz CT molecular complexity index is 1660. The maximum absolute atomic E-state index is 14.3. The molecule has 4 aromatic rings. The molecule has 1 unspecified atom stereocenters. The van der Waals surface area contributed by atoms with Crippen LogP contribution in [0.25, 0.3) is 11.2 Å². The lowest BCUT2D eigenvalue weighted by Crippen LogP contribution is -2.40. The molecule has 0 aromatic carbocycles. The lowest BCUT2D eigenvalue weighted by atomic mass is 10.1. The van der Waals surface area contributed by atoms with Crippen LogP contribution in [0.2, 0.25) is 0 Å². The van der Waals surface area contributed by atoms with Crippen LogP contribution in [0.4, 0.5) is 31.2 Å². The van der Waals surface area contributed by atoms with Crippen molar-refractivity contribution in [2.45, 2.75) is 37.8 Å². The van der Waals surface area contributed by atoms with Crippen LogP contribution in [0.5, 0.6) is 11.5 Å². The number of anilines is 3. The number of rotatable bonds is 6. The Labute approximate surface area is 225 Å². The molecule has 40 heavy (non-hydrogen) atoms. The zero-order chi connectivity index (χ0) is 28.0. The zero-order valence-electron chi connectivity index (χ0n) is 21.2. The molecule has 0 spiro atoms. The number of carbonyl (C=O) groups is 1. The lowest BCUT2D eigenvalue weighted by molar-refractivity contribution is -0.0364. The van der Waals surface area contributed by atoms with Gasteiger partial charge in [-0.15, -0.1) is 0 Å². The van der Waals surface area contributed by atoms with Crippen LogP contribution in [0, 0.1) is 11.3 Å². The van der Waals surface area contributed by atoms with Crippen molar-refractivity contribution in [1.29, 1.82) is 5.26 Å². The number of hydrogen-bond acceptors (Lipinski definition) is 9. The van der Waals surface area contributed by atoms with E-state index in [1.54, 1.807) is 11.6 Å². The second kappa shape index (κ2) is 9.72. The largest absolute Gasteiger partial charge is 0.465 e. The van der Waals surface area contributed by atoms with Crippen molar-refractivity contribution in [2.24, 2.45) is 7.05 Å². The number of halogens is 2. The fourth-order valence-electron chi connectivity index (χ4n) is 4.98. The summed E-state index contributed by atoms with van der Waals surface area (Å²) in [5, 5.41) is 27.0. The van der Waals surface area contributed by atoms with Gasteiger partial charge in [-0.25, -0.2) is 14.8 Å². The van der Waals surface area contributed by atoms with Crippen molar-refractivity contribution in [3.63, 3.8) is 0 Å². The highest BCUT2D eigenvalue weighted by molar-refractivity contribution is 5.86. The van der Waals surface area contributed by atoms with Crippen LogP contribution in [0.3, 0.4) is 0 Å². The Kier molecular flexibility index (Phi) is 6.18. The van der Waals surface area contributed by atoms with Gasteiger partial charge in [0.15, 0.2) is 17.2 Å². The monoisotopic (exact) mass is 551 g/mol. The van der Waals surface area contributed by atoms with Gasteiger partial charge in [-0.3, -0.25) is 9.58 Å². The predicted molar refractivity (Wildman–Crippen MR) is 136 cm³/mol. The average Bonchev–Trinajstić information content (AvgIpc) is 3.65. The first-order valence-corrected chi connectivity index (χ1v) is 12.5. The molecular weight excluding hydrogens is 528 g/mol. The Morgan fingerprint density at radius 2 is 2.23 bits per heavy atom. The number of hydrogen-bond donors (Lipinski definition) is 2. The second-order valence-electron chi connectivity index (χ2n) is 9.47. The van der Waals surface area contributed by atoms with Crippen molar-refractivity contribution >= 4 is 34.8 Å². The number of imidazole rings is 1. The molecule has 0 saturated carbocycles. The molecule has 2 N–H and O–H groups in total. The van der Waals surface area contributed by atoms with Gasteiger partial charge in [-0.2, -0.15) is 24.1 Å². The minimum Gasteiger partial charge on any atom is -0.465 e. The summed E-state index contributed by atoms with van der Waals surface area (Å²) in [4.78, 5) is 26.0. The van der Waals surface area contributed by atoms with E-state index in [9.17, 15) is 23.9 Å². The number of pyridine rings is 2. The van der Waals surface area contributed by atoms with Crippen molar-refractivity contribution in [3.8, 4) is 17.6 Å². The third-order valence-corrected chi connectivity index (χ3v) is 6.90. The van der Waals surface area contributed by atoms with E-state index < -0.39 is 12.0 Å². The van der Waals surface area contributed by atoms with E-state index in [0.29, 0.717) is 31.5 Å². The van der Waals surface area contributed by atoms with Crippen LogP contribution < -0.4 is 15.0 Å². The molecule has 1 saturated heterocycles. The van der Waals surface area contributed by atoms with Gasteiger partial charge in [0, 0.05) is 44.9 Å². The normalized spacial score (nSPS) is 17.8. The number of ether oxygens (including phenoxy) is 2. The number of carboxylic acid groups (broad SMARTS) is 1. The van der Waals surface area contributed by atoms with E-state index >= 15 is 0 Å². The van der Waals surface area contributed by atoms with Crippen LogP contribution >= 0.6 is 0 Å². The van der Waals surface area contributed by atoms with E-state index in [1.807, 2.05) is 0 Å². The van der Waals surface area contributed by atoms with Crippen LogP contribution in [-0.4, -0.2) is 59.8 Å². The summed E-state index contributed by atoms with van der Waals surface area (Å²) in [7, 11) is 1.65. The van der Waals surface area contributed by atoms with Gasteiger partial charge in [-0.05, 0) is 18.9 Å². The summed E-state index contributed by atoms with van der Waals surface area (Å²) >= 11 is 0. The molecule has 2 aliphatic rings. The first-order chi connectivity index (χ1) is 19.2. The van der Waals surface area contributed by atoms with Gasteiger partial charge in [0.1, 0.15) is 34.4 Å². The number of amides is 1. The molecule has 0 radical (unpaired) electrons. The van der Waals surface area contributed by atoms with Crippen LogP contribution in [0.15, 0.2) is 30.6 Å². The Hall–Kier alpha value is -4.84. The quantitative estimate of drug-likeness (QED) is 0.357. The Morgan fingerprint density at radius 3 is 2.95 bits per heavy atom. The van der Waals surface area contributed by atoms with Crippen molar-refractivity contribution in [1.82, 2.24) is 29.3 Å². The molecule has 1 atom stereocenters. The molecule has 6 rings (SSSR count). The molecular formula is C25H23F2N9O4. The second-order valence-corrected chi connectivity index (χ2v) is 9.47. The Morgan fingerprint density at radius 1 is 1.38 bits per heavy atom. The van der Waals surface area contributed by atoms with Gasteiger partial charge >= 0.3 is 6.09 Å². The van der Waals surface area contributed by atoms with Crippen molar-refractivity contribution < 1.29 is 28.2 Å². The van der Waals surface area contributed by atoms with E-state index in [1.165, 1.54) is 35.3 Å². The maximum atomic E-state index is 14.3. The number of nitrogens with zero attached hydrogens (tertiary/aromatic N) is 8. The third kappa shape index (κ3) is 4.41. The van der Waals surface area contributed by atoms with Crippen LogP contribution in [0.1, 0.15) is 30.5 Å². The number of aromatic nitrogens is 6. The average molecular weight is 552 g/mol. The summed E-state index contributed by atoms with van der Waals surface area (Å²) in [5.41, 5.74) is 0.546. The molecule has 0 bridgehead atoms. The molecule has 1 fully saturated rings. The van der Waals surface area contributed by atoms with Gasteiger partial charge in [-0.1, -0.05) is 0 Å². The lowest BCUT2D eigenvalue weighted by Gasteiger charge is -2.24. The summed E-state index contributed by atoms with van der Waals surface area (Å²) in [5.74, 6) is -1.99. The summed E-state index contributed by atoms with van der Waals surface area (Å²) in [6, 6.07) is 6.04. The number of alkyl halides is 2. The maximum Gasteiger partial charge on any atom is 0.413 e. The molecule has 2 aliphatic heterocycles. The molecule has 13 nitrogen and oxygen atoms in total. The van der Waals surface area contributed by atoms with Crippen LogP contribution in [-0.2, 0) is 24.3 Å². The molecule has 4 aromatic heterocycles. The minimum absolute atomic E-state index is 0.116. The SMILES string of the molecule is Cn1c(Nc2cc3n(n2)CCCC3(F)F)nc2ncc(Oc3ccnc(N(C(=O)O)C4CCOC4)c3)c(C#N)c21. The third-order valence-electron chi connectivity index (χ3n) is 6.90. The van der Waals surface area contributed by atoms with E-state index in [2.05, 4.69) is 31.4 Å². The van der Waals surface area contributed by atoms with Gasteiger partial charge in [0.05, 0.1) is 18.8 Å². The summed E-state index contributed by atoms with van der Waals surface area (Å²) in [6.07, 6.45) is 2.22. The van der Waals surface area contributed by atoms with Gasteiger partial charge < -0.3 is 24.5 Å². The van der Waals surface area contributed by atoms with Crippen molar-refractivity contribution in [3.05, 3.63) is 41.9 Å². The van der Waals surface area contributed by atoms with Crippen molar-refractivity contribution in [2.75, 3.05) is 23.4 Å². The number of nitrogens with one attached hydrogen (secondary N) is 1. The summed E-state index contributed by atoms with van der Waals surface area (Å²) < 4.78 is 42.7. The standard InChI is InChI=1S/C25H23F2N9O4/c1-34-21-16(11-28)17(40-15-3-6-29-20(9-15)36(24(37)38)14-4-8-39-13-14)12-30-22(21)32-23(34)31-19-10-18-25(26,27)5-2-7-35(18)33-19/h3,6,9-10,12,14H,2,4-5,7-8,13H2,1H3,(H,37,38)(H,30,31,32,33). The molecule has 15 heteroatoms. The summed E-state index contributed by atoms with van der Waals surface area (Å²) in [6.45, 7) is 1.11. The van der Waals surface area contributed by atoms with E-state index in [-0.39, 0.29) is 65.1 Å². The molecule has 0 aliphatic carbocycles. The topological polar surface area (TPSA) is 156 Å². The first kappa shape index (κ1) is 25.4. The minimum atomic E-state index is -2.96. The highest BCUT2D eigenvalue weighted by Crippen LogP contribution is 2.38. The zero-order valence-corrected chi connectivity index (χ0v) is 21.2. The molecule has 6 heterocycles. The molecule has 206 valence electrons. The fourth-order valence-corrected chi connectivity index (χ4v) is 4.98. The predicted octanol–water partition coefficient (Wildman–Crippen LogP) is 4.13. The first-order valence-electron chi connectivity index (χ1n) is 12.5. The number of nitriles is 1. The van der Waals surface area contributed by atoms with Gasteiger partial charge in [0.25, 0.3) is 5.92 Å².